The van der Waals surface area contributed by atoms with Gasteiger partial charge >= 0.3 is 0 Å². The lowest BCUT2D eigenvalue weighted by molar-refractivity contribution is -0.361. The molecule has 0 aromatic carbocycles. The lowest BCUT2D eigenvalue weighted by Crippen LogP contribution is -2.63. The molecule has 2 saturated carbocycles. The van der Waals surface area contributed by atoms with Gasteiger partial charge in [0.2, 0.25) is 0 Å². The molecule has 2 aliphatic carbocycles. The van der Waals surface area contributed by atoms with Gasteiger partial charge in [-0.05, 0) is 25.7 Å². The third-order valence-corrected chi connectivity index (χ3v) is 9.43. The summed E-state index contributed by atoms with van der Waals surface area (Å²) in [4.78, 5) is 0. The van der Waals surface area contributed by atoms with Gasteiger partial charge in [0.25, 0.3) is 0 Å². The maximum atomic E-state index is 10.8. The van der Waals surface area contributed by atoms with Gasteiger partial charge in [-0.3, -0.25) is 0 Å². The van der Waals surface area contributed by atoms with Crippen LogP contribution in [-0.4, -0.2) is 167 Å². The molecular formula is C26H45O15+. The van der Waals surface area contributed by atoms with E-state index < -0.39 is 98.5 Å². The van der Waals surface area contributed by atoms with Crippen LogP contribution in [0, 0.1) is 11.8 Å². The maximum Gasteiger partial charge on any atom is 0.187 e. The highest BCUT2D eigenvalue weighted by Crippen LogP contribution is 2.42. The smallest absolute Gasteiger partial charge is 0.187 e. The monoisotopic (exact) mass is 597 g/mol. The van der Waals surface area contributed by atoms with Crippen molar-refractivity contribution in [1.29, 1.82) is 0 Å². The average molecular weight is 598 g/mol. The zero-order valence-electron chi connectivity index (χ0n) is 22.6. The summed E-state index contributed by atoms with van der Waals surface area (Å²) in [6.45, 7) is -0.726. The molecule has 3 heterocycles. The van der Waals surface area contributed by atoms with Gasteiger partial charge in [-0.2, -0.15) is 0 Å². The zero-order chi connectivity index (χ0) is 29.6. The van der Waals surface area contributed by atoms with E-state index >= 15 is 0 Å². The third kappa shape index (κ3) is 6.74. The highest BCUT2D eigenvalue weighted by Gasteiger charge is 2.55. The zero-order valence-corrected chi connectivity index (χ0v) is 22.6. The van der Waals surface area contributed by atoms with Crippen molar-refractivity contribution >= 4 is 0 Å². The Morgan fingerprint density at radius 3 is 2.12 bits per heavy atom. The standard InChI is InChI=1S/C26H44O15/c27-10-4-13(29)11-6-17(24(39-16(11)5-10)9-1-2-12(28)14(30)3-9)40-26-23(36)21(34)20(33)18(41-26)8-38-25-22(35)19(32)15(31)7-37-25/h9-36H,1-8H2/p+1/t9?,10?,11?,12?,13?,14?,15-,16?,17?,18-,19+,20-,21+,22-,23-,24?,25-,26+/m1/s1. The SMILES string of the molecule is OC1CC(O)C2CC(O[C@H]3O[C@H](CO[C@H]4OC[C@@H](O)[C@H](O)[C@H]4O)[C@@H](O)[C@H](O)[C@H]3O)C(C3CCC(O)C(O)C3)[OH+]C2C1. The van der Waals surface area contributed by atoms with Crippen molar-refractivity contribution in [1.82, 2.24) is 0 Å². The van der Waals surface area contributed by atoms with Crippen molar-refractivity contribution in [3.63, 3.8) is 0 Å². The fourth-order valence-corrected chi connectivity index (χ4v) is 6.96. The van der Waals surface area contributed by atoms with Crippen molar-refractivity contribution in [2.75, 3.05) is 13.2 Å². The molecule has 15 heteroatoms. The topological polar surface area (TPSA) is 252 Å². The first-order chi connectivity index (χ1) is 19.4. The van der Waals surface area contributed by atoms with Crippen molar-refractivity contribution in [2.24, 2.45) is 11.8 Å². The van der Waals surface area contributed by atoms with Crippen LogP contribution in [0.25, 0.3) is 0 Å². The van der Waals surface area contributed by atoms with Gasteiger partial charge in [-0.1, -0.05) is 0 Å². The summed E-state index contributed by atoms with van der Waals surface area (Å²) in [5.74, 6) is -0.529. The van der Waals surface area contributed by atoms with Gasteiger partial charge in [-0.15, -0.1) is 0 Å². The molecule has 0 aromatic heterocycles. The van der Waals surface area contributed by atoms with Crippen LogP contribution in [-0.2, 0) is 18.9 Å². The van der Waals surface area contributed by atoms with E-state index in [2.05, 4.69) is 0 Å². The Bertz CT molecular complexity index is 852. The predicted molar refractivity (Wildman–Crippen MR) is 134 cm³/mol. The molecule has 3 saturated heterocycles. The fourth-order valence-electron chi connectivity index (χ4n) is 6.96. The van der Waals surface area contributed by atoms with Gasteiger partial charge < -0.3 is 74.7 Å². The fraction of sp³-hybridized carbons (Fsp3) is 1.00. The van der Waals surface area contributed by atoms with E-state index in [0.717, 1.165) is 0 Å². The molecule has 0 aromatic rings. The normalized spacial score (nSPS) is 54.9. The first-order valence-corrected chi connectivity index (χ1v) is 14.5. The Morgan fingerprint density at radius 2 is 1.39 bits per heavy atom. The van der Waals surface area contributed by atoms with E-state index in [9.17, 15) is 51.1 Å². The number of hydrogen-bond acceptors (Lipinski definition) is 14. The lowest BCUT2D eigenvalue weighted by atomic mass is 9.72. The van der Waals surface area contributed by atoms with Gasteiger partial charge in [0.15, 0.2) is 24.8 Å². The summed E-state index contributed by atoms with van der Waals surface area (Å²) in [6.07, 6.45) is -16.3. The van der Waals surface area contributed by atoms with Crippen LogP contribution >= 0.6 is 0 Å². The van der Waals surface area contributed by atoms with Gasteiger partial charge in [0, 0.05) is 18.8 Å². The molecule has 5 rings (SSSR count). The number of rotatable bonds is 6. The molecule has 18 atom stereocenters. The minimum Gasteiger partial charge on any atom is -0.427 e. The van der Waals surface area contributed by atoms with Crippen molar-refractivity contribution in [3.8, 4) is 0 Å². The molecule has 15 nitrogen and oxygen atoms in total. The second kappa shape index (κ2) is 13.2. The van der Waals surface area contributed by atoms with Crippen molar-refractivity contribution in [3.05, 3.63) is 0 Å². The third-order valence-electron chi connectivity index (χ3n) is 9.43. The number of hydrogen-bond donors (Lipinski definition) is 10. The first kappa shape index (κ1) is 31.8. The van der Waals surface area contributed by atoms with Crippen LogP contribution in [0.3, 0.4) is 0 Å². The highest BCUT2D eigenvalue weighted by molar-refractivity contribution is 4.98. The average Bonchev–Trinajstić information content (AvgIpc) is 2.93. The highest BCUT2D eigenvalue weighted by atomic mass is 16.7. The van der Waals surface area contributed by atoms with E-state index in [1.807, 2.05) is 0 Å². The quantitative estimate of drug-likeness (QED) is 0.129. The molecule has 0 radical (unpaired) electrons. The second-order valence-electron chi connectivity index (χ2n) is 12.3. The van der Waals surface area contributed by atoms with E-state index in [0.29, 0.717) is 25.7 Å². The molecule has 3 aliphatic heterocycles. The summed E-state index contributed by atoms with van der Waals surface area (Å²) in [5.41, 5.74) is 0. The van der Waals surface area contributed by atoms with Crippen LogP contribution in [0.15, 0.2) is 0 Å². The number of fused-ring (bicyclic) bond motifs is 1. The first-order valence-electron chi connectivity index (χ1n) is 14.5. The predicted octanol–water partition coefficient (Wildman–Crippen LogP) is -5.04. The largest absolute Gasteiger partial charge is 0.427 e. The van der Waals surface area contributed by atoms with Crippen LogP contribution in [0.4, 0.5) is 0 Å². The molecule has 0 spiro atoms. The molecule has 238 valence electrons. The minimum absolute atomic E-state index is 0.191. The summed E-state index contributed by atoms with van der Waals surface area (Å²) >= 11 is 0. The molecule has 11 N–H and O–H groups in total. The number of ether oxygens (including phenoxy) is 5. The van der Waals surface area contributed by atoms with E-state index in [-0.39, 0.29) is 37.4 Å². The molecule has 9 unspecified atom stereocenters. The van der Waals surface area contributed by atoms with E-state index in [1.54, 1.807) is 0 Å². The Kier molecular flexibility index (Phi) is 10.2. The van der Waals surface area contributed by atoms with Gasteiger partial charge in [0.05, 0.1) is 43.5 Å². The van der Waals surface area contributed by atoms with Gasteiger partial charge in [0.1, 0.15) is 48.8 Å². The summed E-state index contributed by atoms with van der Waals surface area (Å²) in [7, 11) is 0. The Morgan fingerprint density at radius 1 is 0.659 bits per heavy atom. The molecule has 5 aliphatic rings. The van der Waals surface area contributed by atoms with Gasteiger partial charge in [-0.25, -0.2) is 0 Å². The number of aliphatic hydroxyl groups is 12. The summed E-state index contributed by atoms with van der Waals surface area (Å²) in [6, 6.07) is 0. The summed E-state index contributed by atoms with van der Waals surface area (Å²) < 4.78 is 27.7. The Balaban J connectivity index is 1.29. The Labute approximate surface area is 236 Å². The number of aliphatic hydroxyl groups excluding tert-OH is 10. The Hall–Kier alpha value is -0.600. The van der Waals surface area contributed by atoms with E-state index in [4.69, 9.17) is 23.7 Å². The molecule has 41 heavy (non-hydrogen) atoms. The minimum atomic E-state index is -1.69. The molecule has 5 fully saturated rings. The lowest BCUT2D eigenvalue weighted by Gasteiger charge is -2.48. The van der Waals surface area contributed by atoms with Crippen molar-refractivity contribution < 1.29 is 74.7 Å². The maximum absolute atomic E-state index is 10.8. The summed E-state index contributed by atoms with van der Waals surface area (Å²) in [5, 5.41) is 103. The molecule has 0 bridgehead atoms. The van der Waals surface area contributed by atoms with Crippen LogP contribution in [0.5, 0.6) is 0 Å². The van der Waals surface area contributed by atoms with Crippen LogP contribution < -0.4 is 0 Å². The second-order valence-corrected chi connectivity index (χ2v) is 12.3. The van der Waals surface area contributed by atoms with E-state index in [1.165, 1.54) is 0 Å². The molecule has 0 amide bonds. The molecular weight excluding hydrogens is 552 g/mol. The van der Waals surface area contributed by atoms with Crippen molar-refractivity contribution in [2.45, 2.75) is 137 Å². The van der Waals surface area contributed by atoms with Crippen LogP contribution in [0.1, 0.15) is 38.5 Å². The van der Waals surface area contributed by atoms with Crippen LogP contribution in [0.2, 0.25) is 0 Å².